The third kappa shape index (κ3) is 3.06. The molecule has 6 nitrogen and oxygen atoms in total. The molecule has 0 radical (unpaired) electrons. The van der Waals surface area contributed by atoms with Crippen LogP contribution in [0.1, 0.15) is 18.4 Å². The number of piperidine rings is 1. The predicted octanol–water partition coefficient (Wildman–Crippen LogP) is 2.54. The molecule has 8 heteroatoms. The number of aromatic nitrogens is 3. The fraction of sp³-hybridized carbons (Fsp3) is 0.385. The highest BCUT2D eigenvalue weighted by molar-refractivity contribution is 7.10. The van der Waals surface area contributed by atoms with Gasteiger partial charge in [0.2, 0.25) is 5.95 Å². The second kappa shape index (κ2) is 6.24. The second-order valence-corrected chi connectivity index (χ2v) is 5.90. The first-order chi connectivity index (χ1) is 10.3. The minimum absolute atomic E-state index is 0.228. The molecule has 1 aliphatic heterocycles. The highest BCUT2D eigenvalue weighted by Gasteiger charge is 2.23. The molecule has 0 bridgehead atoms. The van der Waals surface area contributed by atoms with E-state index in [1.54, 1.807) is 12.4 Å². The summed E-state index contributed by atoms with van der Waals surface area (Å²) < 4.78 is 4.01. The van der Waals surface area contributed by atoms with Crippen LogP contribution >= 0.6 is 23.1 Å². The van der Waals surface area contributed by atoms with Gasteiger partial charge in [-0.1, -0.05) is 11.6 Å². The molecule has 0 aromatic carbocycles. The topological polar surface area (TPSA) is 77.7 Å². The number of halogens is 1. The van der Waals surface area contributed by atoms with Crippen LogP contribution in [-0.4, -0.2) is 33.5 Å². The lowest BCUT2D eigenvalue weighted by molar-refractivity contribution is 0.523. The summed E-state index contributed by atoms with van der Waals surface area (Å²) in [5, 5.41) is 13.5. The molecule has 2 aromatic heterocycles. The van der Waals surface area contributed by atoms with Gasteiger partial charge in [-0.25, -0.2) is 9.97 Å². The molecule has 1 aliphatic rings. The zero-order valence-corrected chi connectivity index (χ0v) is 12.7. The third-order valence-corrected chi connectivity index (χ3v) is 4.51. The number of hydrogen-bond donors (Lipinski definition) is 1. The molecule has 1 atom stereocenters. The summed E-state index contributed by atoms with van der Waals surface area (Å²) in [5.41, 5.74) is 0.426. The highest BCUT2D eigenvalue weighted by Crippen LogP contribution is 2.29. The van der Waals surface area contributed by atoms with Crippen molar-refractivity contribution in [3.05, 3.63) is 29.2 Å². The van der Waals surface area contributed by atoms with Crippen molar-refractivity contribution in [3.8, 4) is 6.07 Å². The van der Waals surface area contributed by atoms with Crippen LogP contribution in [0, 0.1) is 11.3 Å². The summed E-state index contributed by atoms with van der Waals surface area (Å²) in [6.07, 6.45) is 5.57. The van der Waals surface area contributed by atoms with E-state index in [1.165, 1.54) is 11.5 Å². The molecule has 0 amide bonds. The maximum Gasteiger partial charge on any atom is 0.225 e. The smallest absolute Gasteiger partial charge is 0.225 e. The van der Waals surface area contributed by atoms with Gasteiger partial charge in [-0.3, -0.25) is 0 Å². The van der Waals surface area contributed by atoms with E-state index < -0.39 is 0 Å². The average Bonchev–Trinajstić information content (AvgIpc) is 2.88. The summed E-state index contributed by atoms with van der Waals surface area (Å²) in [7, 11) is 0. The fourth-order valence-corrected chi connectivity index (χ4v) is 3.39. The van der Waals surface area contributed by atoms with Crippen molar-refractivity contribution < 1.29 is 0 Å². The Balaban J connectivity index is 1.71. The van der Waals surface area contributed by atoms with Gasteiger partial charge in [-0.15, -0.1) is 0 Å². The molecule has 0 unspecified atom stereocenters. The monoisotopic (exact) mass is 320 g/mol. The molecule has 3 heterocycles. The van der Waals surface area contributed by atoms with E-state index in [2.05, 4.69) is 30.6 Å². The summed E-state index contributed by atoms with van der Waals surface area (Å²) in [4.78, 5) is 10.7. The van der Waals surface area contributed by atoms with Gasteiger partial charge in [0.15, 0.2) is 5.15 Å². The molecule has 0 aliphatic carbocycles. The van der Waals surface area contributed by atoms with Crippen molar-refractivity contribution in [2.24, 2.45) is 0 Å². The largest absolute Gasteiger partial charge is 0.370 e. The van der Waals surface area contributed by atoms with Crippen LogP contribution in [0.3, 0.4) is 0 Å². The standard InChI is InChI=1S/C13H13ClN6S/c14-11-10(7-15)12(21-19-11)18-9-3-1-6-20(8-9)13-16-4-2-5-17-13/h2,4-5,9,18H,1,3,6,8H2/t9-/m1/s1. The Morgan fingerprint density at radius 1 is 1.43 bits per heavy atom. The van der Waals surface area contributed by atoms with Gasteiger partial charge >= 0.3 is 0 Å². The van der Waals surface area contributed by atoms with Gasteiger partial charge in [-0.05, 0) is 30.4 Å². The minimum atomic E-state index is 0.228. The van der Waals surface area contributed by atoms with Crippen LogP contribution in [0.25, 0.3) is 0 Å². The van der Waals surface area contributed by atoms with E-state index in [1.807, 2.05) is 6.07 Å². The average molecular weight is 321 g/mol. The van der Waals surface area contributed by atoms with Gasteiger partial charge < -0.3 is 10.2 Å². The summed E-state index contributed by atoms with van der Waals surface area (Å²) in [6.45, 7) is 1.74. The van der Waals surface area contributed by atoms with E-state index in [9.17, 15) is 0 Å². The van der Waals surface area contributed by atoms with Crippen LogP contribution in [0.4, 0.5) is 10.9 Å². The first-order valence-corrected chi connectivity index (χ1v) is 7.77. The van der Waals surface area contributed by atoms with Gasteiger partial charge in [-0.2, -0.15) is 9.64 Å². The van der Waals surface area contributed by atoms with Crippen molar-refractivity contribution >= 4 is 34.1 Å². The minimum Gasteiger partial charge on any atom is -0.370 e. The molecule has 0 saturated carbocycles. The molecular weight excluding hydrogens is 308 g/mol. The lowest BCUT2D eigenvalue weighted by atomic mass is 10.1. The summed E-state index contributed by atoms with van der Waals surface area (Å²) in [6, 6.07) is 4.13. The first kappa shape index (κ1) is 14.0. The van der Waals surface area contributed by atoms with Gasteiger partial charge in [0, 0.05) is 31.5 Å². The molecule has 21 heavy (non-hydrogen) atoms. The lowest BCUT2D eigenvalue weighted by Gasteiger charge is -2.33. The number of nitrogens with one attached hydrogen (secondary N) is 1. The third-order valence-electron chi connectivity index (χ3n) is 3.35. The van der Waals surface area contributed by atoms with Crippen LogP contribution in [0.5, 0.6) is 0 Å². The van der Waals surface area contributed by atoms with Crippen molar-refractivity contribution in [3.63, 3.8) is 0 Å². The maximum atomic E-state index is 9.11. The van der Waals surface area contributed by atoms with Crippen molar-refractivity contribution in [1.29, 1.82) is 5.26 Å². The van der Waals surface area contributed by atoms with Crippen molar-refractivity contribution in [2.75, 3.05) is 23.3 Å². The SMILES string of the molecule is N#Cc1c(Cl)nsc1N[C@@H]1CCCN(c2ncccn2)C1. The van der Waals surface area contributed by atoms with Gasteiger partial charge in [0.1, 0.15) is 16.6 Å². The number of nitriles is 1. The highest BCUT2D eigenvalue weighted by atomic mass is 35.5. The zero-order chi connectivity index (χ0) is 14.7. The Hall–Kier alpha value is -1.91. The van der Waals surface area contributed by atoms with E-state index in [4.69, 9.17) is 16.9 Å². The van der Waals surface area contributed by atoms with Gasteiger partial charge in [0.25, 0.3) is 0 Å². The summed E-state index contributed by atoms with van der Waals surface area (Å²) in [5.74, 6) is 0.742. The van der Waals surface area contributed by atoms with E-state index in [0.29, 0.717) is 5.56 Å². The number of nitrogens with zero attached hydrogens (tertiary/aromatic N) is 5. The Kier molecular flexibility index (Phi) is 4.18. The maximum absolute atomic E-state index is 9.11. The van der Waals surface area contributed by atoms with Crippen LogP contribution in [0.2, 0.25) is 5.15 Å². The van der Waals surface area contributed by atoms with E-state index >= 15 is 0 Å². The molecule has 0 spiro atoms. The molecule has 1 N–H and O–H groups in total. The molecule has 1 saturated heterocycles. The van der Waals surface area contributed by atoms with Crippen molar-refractivity contribution in [1.82, 2.24) is 14.3 Å². The molecular formula is C13H13ClN6S. The summed E-state index contributed by atoms with van der Waals surface area (Å²) >= 11 is 7.12. The van der Waals surface area contributed by atoms with E-state index in [-0.39, 0.29) is 11.2 Å². The number of hydrogen-bond acceptors (Lipinski definition) is 7. The number of anilines is 2. The quantitative estimate of drug-likeness (QED) is 0.936. The van der Waals surface area contributed by atoms with Crippen LogP contribution < -0.4 is 10.2 Å². The Morgan fingerprint density at radius 3 is 3.00 bits per heavy atom. The first-order valence-electron chi connectivity index (χ1n) is 6.61. The second-order valence-electron chi connectivity index (χ2n) is 4.77. The molecule has 1 fully saturated rings. The Morgan fingerprint density at radius 2 is 2.24 bits per heavy atom. The van der Waals surface area contributed by atoms with Crippen LogP contribution in [-0.2, 0) is 0 Å². The van der Waals surface area contributed by atoms with E-state index in [0.717, 1.165) is 36.9 Å². The lowest BCUT2D eigenvalue weighted by Crippen LogP contribution is -2.42. The van der Waals surface area contributed by atoms with Crippen LogP contribution in [0.15, 0.2) is 18.5 Å². The normalized spacial score (nSPS) is 18.3. The molecule has 2 aromatic rings. The predicted molar refractivity (Wildman–Crippen MR) is 82.7 cm³/mol. The fourth-order valence-electron chi connectivity index (χ4n) is 2.38. The number of rotatable bonds is 3. The van der Waals surface area contributed by atoms with Crippen molar-refractivity contribution in [2.45, 2.75) is 18.9 Å². The molecule has 108 valence electrons. The molecule has 3 rings (SSSR count). The Labute approximate surface area is 131 Å². The zero-order valence-electron chi connectivity index (χ0n) is 11.2. The van der Waals surface area contributed by atoms with Gasteiger partial charge in [0.05, 0.1) is 0 Å². The Bertz CT molecular complexity index is 652.